The van der Waals surface area contributed by atoms with Gasteiger partial charge in [0, 0.05) is 31.6 Å². The molecule has 0 radical (unpaired) electrons. The maximum absolute atomic E-state index is 8.68. The molecule has 0 atom stereocenters. The van der Waals surface area contributed by atoms with Gasteiger partial charge >= 0.3 is 0 Å². The summed E-state index contributed by atoms with van der Waals surface area (Å²) in [5.74, 6) is 0. The molecule has 17 heavy (non-hydrogen) atoms. The summed E-state index contributed by atoms with van der Waals surface area (Å²) < 4.78 is 5.05. The fourth-order valence-corrected chi connectivity index (χ4v) is 1.61. The summed E-state index contributed by atoms with van der Waals surface area (Å²) in [4.78, 5) is 0. The molecular formula is C13H22N2O2. The van der Waals surface area contributed by atoms with Crippen molar-refractivity contribution in [3.05, 3.63) is 23.8 Å². The van der Waals surface area contributed by atoms with Crippen LogP contribution in [0.4, 0.5) is 11.4 Å². The SMILES string of the molecule is COCCc1cc(NCCCCO)ccc1N. The number of rotatable bonds is 8. The van der Waals surface area contributed by atoms with Crippen LogP contribution in [-0.4, -0.2) is 32.0 Å². The fraction of sp³-hybridized carbons (Fsp3) is 0.538. The molecule has 0 spiro atoms. The molecule has 0 aliphatic heterocycles. The van der Waals surface area contributed by atoms with Gasteiger partial charge in [0.05, 0.1) is 6.61 Å². The van der Waals surface area contributed by atoms with Gasteiger partial charge in [-0.2, -0.15) is 0 Å². The van der Waals surface area contributed by atoms with Gasteiger partial charge in [-0.3, -0.25) is 0 Å². The topological polar surface area (TPSA) is 67.5 Å². The van der Waals surface area contributed by atoms with Gasteiger partial charge in [0.2, 0.25) is 0 Å². The highest BCUT2D eigenvalue weighted by Gasteiger charge is 2.01. The van der Waals surface area contributed by atoms with Gasteiger partial charge in [-0.15, -0.1) is 0 Å². The first-order valence-corrected chi connectivity index (χ1v) is 6.00. The van der Waals surface area contributed by atoms with Gasteiger partial charge in [-0.05, 0) is 43.0 Å². The Balaban J connectivity index is 2.49. The number of hydrogen-bond donors (Lipinski definition) is 3. The molecule has 4 heteroatoms. The first-order chi connectivity index (χ1) is 8.27. The number of anilines is 2. The normalized spacial score (nSPS) is 10.5. The second-order valence-electron chi connectivity index (χ2n) is 4.01. The third-order valence-electron chi connectivity index (χ3n) is 2.63. The van der Waals surface area contributed by atoms with E-state index < -0.39 is 0 Å². The van der Waals surface area contributed by atoms with E-state index >= 15 is 0 Å². The quantitative estimate of drug-likeness (QED) is 0.476. The number of nitrogens with two attached hydrogens (primary N) is 1. The van der Waals surface area contributed by atoms with Crippen LogP contribution in [0.25, 0.3) is 0 Å². The van der Waals surface area contributed by atoms with Crippen LogP contribution in [0.3, 0.4) is 0 Å². The number of unbranched alkanes of at least 4 members (excludes halogenated alkanes) is 1. The van der Waals surface area contributed by atoms with Gasteiger partial charge in [0.15, 0.2) is 0 Å². The molecule has 4 nitrogen and oxygen atoms in total. The van der Waals surface area contributed by atoms with E-state index in [1.807, 2.05) is 12.1 Å². The van der Waals surface area contributed by atoms with E-state index in [2.05, 4.69) is 11.4 Å². The third kappa shape index (κ3) is 5.06. The summed E-state index contributed by atoms with van der Waals surface area (Å²) in [6.07, 6.45) is 2.63. The van der Waals surface area contributed by atoms with Crippen molar-refractivity contribution in [3.63, 3.8) is 0 Å². The Morgan fingerprint density at radius 1 is 1.35 bits per heavy atom. The van der Waals surface area contributed by atoms with Crippen molar-refractivity contribution < 1.29 is 9.84 Å². The van der Waals surface area contributed by atoms with Crippen molar-refractivity contribution in [3.8, 4) is 0 Å². The zero-order valence-electron chi connectivity index (χ0n) is 10.4. The lowest BCUT2D eigenvalue weighted by Gasteiger charge is -2.10. The molecule has 0 amide bonds. The first-order valence-electron chi connectivity index (χ1n) is 6.00. The number of methoxy groups -OCH3 is 1. The van der Waals surface area contributed by atoms with Crippen LogP contribution in [0.2, 0.25) is 0 Å². The molecular weight excluding hydrogens is 216 g/mol. The molecule has 0 aliphatic rings. The van der Waals surface area contributed by atoms with E-state index in [9.17, 15) is 0 Å². The number of nitrogen functional groups attached to an aromatic ring is 1. The van der Waals surface area contributed by atoms with Crippen molar-refractivity contribution in [2.45, 2.75) is 19.3 Å². The predicted octanol–water partition coefficient (Wildman–Crippen LogP) is 1.64. The number of nitrogens with one attached hydrogen (secondary N) is 1. The maximum Gasteiger partial charge on any atom is 0.0503 e. The molecule has 0 aromatic heterocycles. The van der Waals surface area contributed by atoms with Crippen LogP contribution in [-0.2, 0) is 11.2 Å². The van der Waals surface area contributed by atoms with Crippen molar-refractivity contribution >= 4 is 11.4 Å². The molecule has 96 valence electrons. The highest BCUT2D eigenvalue weighted by Crippen LogP contribution is 2.18. The smallest absolute Gasteiger partial charge is 0.0503 e. The molecule has 1 aromatic carbocycles. The van der Waals surface area contributed by atoms with Crippen molar-refractivity contribution in [2.24, 2.45) is 0 Å². The second-order valence-corrected chi connectivity index (χ2v) is 4.01. The van der Waals surface area contributed by atoms with E-state index in [4.69, 9.17) is 15.6 Å². The Bertz CT molecular complexity index is 329. The summed E-state index contributed by atoms with van der Waals surface area (Å²) in [5, 5.41) is 12.0. The molecule has 1 rings (SSSR count). The van der Waals surface area contributed by atoms with E-state index in [-0.39, 0.29) is 6.61 Å². The number of aliphatic hydroxyl groups is 1. The summed E-state index contributed by atoms with van der Waals surface area (Å²) in [5.41, 5.74) is 8.88. The first kappa shape index (κ1) is 13.8. The minimum Gasteiger partial charge on any atom is -0.399 e. The Kier molecular flexibility index (Phi) is 6.43. The van der Waals surface area contributed by atoms with Crippen LogP contribution < -0.4 is 11.1 Å². The van der Waals surface area contributed by atoms with Gasteiger partial charge < -0.3 is 20.9 Å². The van der Waals surface area contributed by atoms with E-state index in [1.54, 1.807) is 7.11 Å². The lowest BCUT2D eigenvalue weighted by Crippen LogP contribution is -2.05. The molecule has 1 aromatic rings. The molecule has 0 bridgehead atoms. The van der Waals surface area contributed by atoms with Crippen molar-refractivity contribution in [1.82, 2.24) is 0 Å². The second kappa shape index (κ2) is 7.92. The highest BCUT2D eigenvalue weighted by molar-refractivity contribution is 5.57. The zero-order chi connectivity index (χ0) is 12.5. The number of hydrogen-bond acceptors (Lipinski definition) is 4. The molecule has 0 saturated carbocycles. The van der Waals surface area contributed by atoms with Crippen molar-refractivity contribution in [1.29, 1.82) is 0 Å². The van der Waals surface area contributed by atoms with Crippen LogP contribution >= 0.6 is 0 Å². The van der Waals surface area contributed by atoms with Crippen LogP contribution in [0.15, 0.2) is 18.2 Å². The van der Waals surface area contributed by atoms with Gasteiger partial charge in [-0.1, -0.05) is 0 Å². The molecule has 0 saturated heterocycles. The molecule has 0 unspecified atom stereocenters. The minimum atomic E-state index is 0.252. The predicted molar refractivity (Wildman–Crippen MR) is 71.2 cm³/mol. The average molecular weight is 238 g/mol. The number of aliphatic hydroxyl groups excluding tert-OH is 1. The lowest BCUT2D eigenvalue weighted by molar-refractivity contribution is 0.202. The third-order valence-corrected chi connectivity index (χ3v) is 2.63. The summed E-state index contributed by atoms with van der Waals surface area (Å²) >= 11 is 0. The molecule has 0 aliphatic carbocycles. The lowest BCUT2D eigenvalue weighted by atomic mass is 10.1. The maximum atomic E-state index is 8.68. The van der Waals surface area contributed by atoms with Gasteiger partial charge in [0.25, 0.3) is 0 Å². The fourth-order valence-electron chi connectivity index (χ4n) is 1.61. The Morgan fingerprint density at radius 3 is 2.88 bits per heavy atom. The average Bonchev–Trinajstić information content (AvgIpc) is 2.35. The summed E-state index contributed by atoms with van der Waals surface area (Å²) in [6.45, 7) is 1.80. The van der Waals surface area contributed by atoms with Crippen molar-refractivity contribution in [2.75, 3.05) is 37.9 Å². The molecule has 4 N–H and O–H groups in total. The van der Waals surface area contributed by atoms with Gasteiger partial charge in [0.1, 0.15) is 0 Å². The monoisotopic (exact) mass is 238 g/mol. The zero-order valence-corrected chi connectivity index (χ0v) is 10.4. The Labute approximate surface area is 103 Å². The Morgan fingerprint density at radius 2 is 2.18 bits per heavy atom. The number of ether oxygens (including phenoxy) is 1. The van der Waals surface area contributed by atoms with E-state index in [1.165, 1.54) is 0 Å². The minimum absolute atomic E-state index is 0.252. The van der Waals surface area contributed by atoms with Crippen LogP contribution in [0.5, 0.6) is 0 Å². The van der Waals surface area contributed by atoms with Crippen LogP contribution in [0.1, 0.15) is 18.4 Å². The number of benzene rings is 1. The van der Waals surface area contributed by atoms with E-state index in [0.29, 0.717) is 6.61 Å². The molecule has 0 heterocycles. The standard InChI is InChI=1S/C13H22N2O2/c1-17-9-6-11-10-12(4-5-13(11)14)15-7-2-3-8-16/h4-5,10,15-16H,2-3,6-9,14H2,1H3. The summed E-state index contributed by atoms with van der Waals surface area (Å²) in [6, 6.07) is 5.96. The van der Waals surface area contributed by atoms with E-state index in [0.717, 1.165) is 42.7 Å². The van der Waals surface area contributed by atoms with Crippen LogP contribution in [0, 0.1) is 0 Å². The molecule has 0 fully saturated rings. The van der Waals surface area contributed by atoms with Gasteiger partial charge in [-0.25, -0.2) is 0 Å². The highest BCUT2D eigenvalue weighted by atomic mass is 16.5. The Hall–Kier alpha value is -1.26. The summed E-state index contributed by atoms with van der Waals surface area (Å²) in [7, 11) is 1.69. The largest absolute Gasteiger partial charge is 0.399 e.